The molecule has 0 saturated heterocycles. The summed E-state index contributed by atoms with van der Waals surface area (Å²) in [5.41, 5.74) is 6.11. The van der Waals surface area contributed by atoms with E-state index in [4.69, 9.17) is 0 Å². The minimum atomic E-state index is 0.896. The molecule has 3 aromatic heterocycles. The van der Waals surface area contributed by atoms with E-state index in [0.717, 1.165) is 57.2 Å². The first-order valence-electron chi connectivity index (χ1n) is 22.2. The largest absolute Gasteiger partial charge is 0.378 e. The van der Waals surface area contributed by atoms with Crippen LogP contribution in [0.5, 0.6) is 0 Å². The predicted octanol–water partition coefficient (Wildman–Crippen LogP) is 10.8. The zero-order valence-corrected chi connectivity index (χ0v) is 38.9. The van der Waals surface area contributed by atoms with E-state index in [9.17, 15) is 0 Å². The van der Waals surface area contributed by atoms with Crippen LogP contribution < -0.4 is 18.9 Å². The quantitative estimate of drug-likeness (QED) is 0.0158. The number of pyridine rings is 1. The third kappa shape index (κ3) is 18.3. The van der Waals surface area contributed by atoms with E-state index in [0.29, 0.717) is 0 Å². The number of hydrogen-bond acceptors (Lipinski definition) is 5. The third-order valence-corrected chi connectivity index (χ3v) is 12.9. The zero-order chi connectivity index (χ0) is 42.7. The number of aryl methyl sites for hydroxylation is 5. The molecule has 0 fully saturated rings. The standard InChI is InChI=1S/C51H70N8S2/c1-53(2)49-27-22-47(23-28-49)20-12-6-5-7-14-32-52-33-15-8-9-16-34-55-38-39-56(46-55)42-44-60-61-45-43-59-41-40-58(59)37-18-11-10-17-35-57-36-19-13-21-51(57)31-26-48-24-29-50(30-25-48)54(3)4/h5-7,12-14,19-32,36,38-41,46H,8-11,15-18,33-35,37,42-45H2,1-4H3/q+2/b6-5+,14-7-,20-12+,52-32?. The van der Waals surface area contributed by atoms with Gasteiger partial charge in [-0.2, -0.15) is 4.57 Å². The number of aromatic nitrogens is 5. The maximum absolute atomic E-state index is 4.54. The fourth-order valence-electron chi connectivity index (χ4n) is 6.85. The summed E-state index contributed by atoms with van der Waals surface area (Å²) < 4.78 is 11.8. The van der Waals surface area contributed by atoms with Crippen molar-refractivity contribution in [3.63, 3.8) is 0 Å². The molecule has 0 saturated carbocycles. The van der Waals surface area contributed by atoms with Crippen molar-refractivity contribution in [2.75, 3.05) is 56.0 Å². The molecule has 0 atom stereocenters. The molecule has 0 N–H and O–H groups in total. The van der Waals surface area contributed by atoms with Gasteiger partial charge in [-0.3, -0.25) is 14.4 Å². The summed E-state index contributed by atoms with van der Waals surface area (Å²) in [6, 6.07) is 23.7. The molecular formula is C51H70N8S2+2. The molecule has 8 nitrogen and oxygen atoms in total. The van der Waals surface area contributed by atoms with Crippen LogP contribution in [0.15, 0.2) is 139 Å². The summed E-state index contributed by atoms with van der Waals surface area (Å²) in [4.78, 5) is 8.78. The minimum Gasteiger partial charge on any atom is -0.378 e. The first-order chi connectivity index (χ1) is 29.9. The second-order valence-corrected chi connectivity index (χ2v) is 18.5. The fourth-order valence-corrected chi connectivity index (χ4v) is 8.79. The van der Waals surface area contributed by atoms with Crippen LogP contribution in [0.25, 0.3) is 18.2 Å². The number of nitrogens with zero attached hydrogens (tertiary/aromatic N) is 8. The van der Waals surface area contributed by atoms with Crippen molar-refractivity contribution < 1.29 is 9.13 Å². The summed E-state index contributed by atoms with van der Waals surface area (Å²) in [7, 11) is 12.2. The van der Waals surface area contributed by atoms with Gasteiger partial charge >= 0.3 is 0 Å². The summed E-state index contributed by atoms with van der Waals surface area (Å²) in [6.07, 6.45) is 41.8. The van der Waals surface area contributed by atoms with Gasteiger partial charge in [-0.15, -0.1) is 0 Å². The Kier molecular flexibility index (Phi) is 21.5. The summed E-state index contributed by atoms with van der Waals surface area (Å²) >= 11 is 0. The van der Waals surface area contributed by atoms with E-state index >= 15 is 0 Å². The van der Waals surface area contributed by atoms with Crippen molar-refractivity contribution >= 4 is 57.4 Å². The lowest BCUT2D eigenvalue weighted by molar-refractivity contribution is -0.699. The maximum atomic E-state index is 4.54. The first kappa shape index (κ1) is 47.1. The second kappa shape index (κ2) is 27.8. The molecule has 0 unspecified atom stereocenters. The molecule has 5 rings (SSSR count). The van der Waals surface area contributed by atoms with E-state index < -0.39 is 0 Å². The van der Waals surface area contributed by atoms with Crippen molar-refractivity contribution in [2.24, 2.45) is 4.99 Å². The van der Waals surface area contributed by atoms with Gasteiger partial charge in [0.1, 0.15) is 18.9 Å². The van der Waals surface area contributed by atoms with Crippen molar-refractivity contribution in [3.8, 4) is 0 Å². The average Bonchev–Trinajstić information content (AvgIpc) is 3.72. The van der Waals surface area contributed by atoms with Gasteiger partial charge in [0.25, 0.3) is 0 Å². The van der Waals surface area contributed by atoms with Crippen LogP contribution in [0, 0.1) is 0 Å². The van der Waals surface area contributed by atoms with Gasteiger partial charge in [0.2, 0.25) is 12.0 Å². The van der Waals surface area contributed by atoms with E-state index in [1.54, 1.807) is 0 Å². The van der Waals surface area contributed by atoms with Gasteiger partial charge in [-0.05, 0) is 85.7 Å². The fraction of sp³-hybridized carbons (Fsp3) is 0.392. The number of hydrogen-bond donors (Lipinski definition) is 0. The Labute approximate surface area is 375 Å². The molecule has 0 amide bonds. The molecule has 0 spiro atoms. The number of unbranched alkanes of at least 4 members (excludes halogenated alkanes) is 6. The first-order valence-corrected chi connectivity index (χ1v) is 24.7. The Balaban J connectivity index is 0.823. The number of anilines is 2. The Hall–Kier alpha value is -4.93. The molecule has 0 aliphatic rings. The van der Waals surface area contributed by atoms with E-state index in [1.165, 1.54) is 73.1 Å². The van der Waals surface area contributed by atoms with E-state index in [2.05, 4.69) is 194 Å². The van der Waals surface area contributed by atoms with Crippen molar-refractivity contribution in [3.05, 3.63) is 151 Å². The van der Waals surface area contributed by atoms with Crippen LogP contribution in [0.2, 0.25) is 0 Å². The molecule has 61 heavy (non-hydrogen) atoms. The highest BCUT2D eigenvalue weighted by Crippen LogP contribution is 2.22. The number of aliphatic imine (C=N–C) groups is 1. The number of allylic oxidation sites excluding steroid dienone is 5. The maximum Gasteiger partial charge on any atom is 0.243 e. The minimum absolute atomic E-state index is 0.896. The zero-order valence-electron chi connectivity index (χ0n) is 37.2. The summed E-state index contributed by atoms with van der Waals surface area (Å²) in [6.45, 7) is 6.28. The predicted molar refractivity (Wildman–Crippen MR) is 267 cm³/mol. The average molecular weight is 859 g/mol. The Morgan fingerprint density at radius 1 is 0.557 bits per heavy atom. The lowest BCUT2D eigenvalue weighted by atomic mass is 10.1. The second-order valence-electron chi connectivity index (χ2n) is 15.8. The highest BCUT2D eigenvalue weighted by atomic mass is 33.1. The Bertz CT molecular complexity index is 2080. The molecule has 0 radical (unpaired) electrons. The van der Waals surface area contributed by atoms with Crippen molar-refractivity contribution in [1.29, 1.82) is 0 Å². The van der Waals surface area contributed by atoms with E-state index in [1.807, 2.05) is 52.1 Å². The highest BCUT2D eigenvalue weighted by molar-refractivity contribution is 8.76. The smallest absolute Gasteiger partial charge is 0.243 e. The molecule has 0 aliphatic carbocycles. The number of imidazole rings is 1. The Morgan fingerprint density at radius 2 is 1.18 bits per heavy atom. The third-order valence-electron chi connectivity index (χ3n) is 10.6. The summed E-state index contributed by atoms with van der Waals surface area (Å²) in [5, 5.41) is 0. The van der Waals surface area contributed by atoms with E-state index in [-0.39, 0.29) is 0 Å². The van der Waals surface area contributed by atoms with Gasteiger partial charge in [-0.25, -0.2) is 9.13 Å². The normalized spacial score (nSPS) is 12.1. The lowest BCUT2D eigenvalue weighted by Crippen LogP contribution is -2.36. The molecule has 3 heterocycles. The van der Waals surface area contributed by atoms with Gasteiger partial charge < -0.3 is 9.80 Å². The van der Waals surface area contributed by atoms with Crippen LogP contribution in [0.3, 0.4) is 0 Å². The SMILES string of the molecule is CN(C)c1ccc(/C=C/C=C/C=C\C=NCCCCCC[n+]2ccn(CCSSCCn3ccn3CCCCCC[n+]3ccccc3/C=C/c3ccc(N(C)C)cc3)c2)cc1. The van der Waals surface area contributed by atoms with Crippen LogP contribution in [-0.2, 0) is 32.7 Å². The molecule has 10 heteroatoms. The van der Waals surface area contributed by atoms with Gasteiger partial charge in [0.15, 0.2) is 6.20 Å². The van der Waals surface area contributed by atoms with Gasteiger partial charge in [0.05, 0.1) is 13.1 Å². The lowest BCUT2D eigenvalue weighted by Gasteiger charge is -2.20. The molecule has 0 aliphatic heterocycles. The van der Waals surface area contributed by atoms with Crippen LogP contribution in [0.1, 0.15) is 68.2 Å². The number of benzene rings is 2. The molecule has 2 aromatic carbocycles. The highest BCUT2D eigenvalue weighted by Gasteiger charge is 2.08. The molecular weight excluding hydrogens is 789 g/mol. The van der Waals surface area contributed by atoms with Gasteiger partial charge in [-0.1, -0.05) is 89.1 Å². The van der Waals surface area contributed by atoms with Crippen molar-refractivity contribution in [2.45, 2.75) is 84.1 Å². The van der Waals surface area contributed by atoms with Gasteiger partial charge in [0, 0.05) is 114 Å². The topological polar surface area (TPSA) is 41.4 Å². The monoisotopic (exact) mass is 859 g/mol. The summed E-state index contributed by atoms with van der Waals surface area (Å²) in [5.74, 6) is 2.26. The van der Waals surface area contributed by atoms with Crippen LogP contribution in [0.4, 0.5) is 11.4 Å². The van der Waals surface area contributed by atoms with Crippen LogP contribution in [-0.4, -0.2) is 66.4 Å². The molecule has 324 valence electrons. The van der Waals surface area contributed by atoms with Crippen LogP contribution >= 0.6 is 21.6 Å². The molecule has 0 bridgehead atoms. The van der Waals surface area contributed by atoms with Crippen molar-refractivity contribution in [1.82, 2.24) is 13.9 Å². The number of rotatable bonds is 29. The molecule has 5 aromatic rings. The Morgan fingerprint density at radius 3 is 1.90 bits per heavy atom.